The molecule has 0 aliphatic heterocycles. The number of hydrogen-bond acceptors (Lipinski definition) is 6. The fourth-order valence-corrected chi connectivity index (χ4v) is 4.06. The molecule has 0 bridgehead atoms. The van der Waals surface area contributed by atoms with Crippen LogP contribution in [0.4, 0.5) is 0 Å². The minimum Gasteiger partial charge on any atom is -0.463 e. The van der Waals surface area contributed by atoms with Gasteiger partial charge in [0.1, 0.15) is 23.0 Å². The summed E-state index contributed by atoms with van der Waals surface area (Å²) in [6.45, 7) is 7.99. The number of hydrogen-bond donors (Lipinski definition) is 0. The number of carbonyl (C=O) groups is 2. The van der Waals surface area contributed by atoms with Crippen molar-refractivity contribution in [1.29, 1.82) is 0 Å². The zero-order chi connectivity index (χ0) is 28.5. The first kappa shape index (κ1) is 28.2. The number of esters is 2. The van der Waals surface area contributed by atoms with E-state index in [1.807, 2.05) is 98.8 Å². The summed E-state index contributed by atoms with van der Waals surface area (Å²) in [4.78, 5) is 23.4. The first-order chi connectivity index (χ1) is 19.3. The predicted molar refractivity (Wildman–Crippen MR) is 158 cm³/mol. The average Bonchev–Trinajstić information content (AvgIpc) is 2.94. The van der Waals surface area contributed by atoms with Crippen LogP contribution in [0.5, 0.6) is 23.0 Å². The van der Waals surface area contributed by atoms with Crippen LogP contribution in [0.25, 0.3) is 21.9 Å². The zero-order valence-corrected chi connectivity index (χ0v) is 23.1. The second kappa shape index (κ2) is 13.3. The van der Waals surface area contributed by atoms with Gasteiger partial charge in [0.05, 0.1) is 13.2 Å². The monoisotopic (exact) mass is 536 g/mol. The summed E-state index contributed by atoms with van der Waals surface area (Å²) in [5.41, 5.74) is 3.47. The van der Waals surface area contributed by atoms with Crippen LogP contribution in [0.3, 0.4) is 0 Å². The van der Waals surface area contributed by atoms with Crippen LogP contribution in [0.2, 0.25) is 0 Å². The maximum atomic E-state index is 11.7. The minimum atomic E-state index is -0.352. The zero-order valence-electron chi connectivity index (χ0n) is 23.1. The molecule has 6 nitrogen and oxygen atoms in total. The Morgan fingerprint density at radius 2 is 0.925 bits per heavy atom. The van der Waals surface area contributed by atoms with Crippen molar-refractivity contribution in [3.05, 3.63) is 108 Å². The van der Waals surface area contributed by atoms with Gasteiger partial charge in [0.25, 0.3) is 0 Å². The van der Waals surface area contributed by atoms with E-state index >= 15 is 0 Å². The Morgan fingerprint density at radius 3 is 1.30 bits per heavy atom. The van der Waals surface area contributed by atoms with Crippen molar-refractivity contribution in [2.45, 2.75) is 27.7 Å². The second-order valence-electron chi connectivity index (χ2n) is 9.08. The molecule has 0 saturated heterocycles. The summed E-state index contributed by atoms with van der Waals surface area (Å²) in [5.74, 6) is 2.07. The smallest absolute Gasteiger partial charge is 0.331 e. The molecular formula is C34H32O6. The number of ether oxygens (including phenoxy) is 4. The fraction of sp³-hybridized carbons (Fsp3) is 0.176. The summed E-state index contributed by atoms with van der Waals surface area (Å²) in [5, 5.41) is 2.04. The van der Waals surface area contributed by atoms with Gasteiger partial charge < -0.3 is 18.9 Å². The summed E-state index contributed by atoms with van der Waals surface area (Å²) < 4.78 is 22.1. The predicted octanol–water partition coefficient (Wildman–Crippen LogP) is 8.36. The number of carbonyl (C=O) groups excluding carboxylic acids is 2. The molecule has 0 fully saturated rings. The van der Waals surface area contributed by atoms with Crippen LogP contribution in [-0.4, -0.2) is 25.2 Å². The third kappa shape index (κ3) is 7.60. The Hall–Kier alpha value is -4.84. The Labute approximate surface area is 234 Å². The fourth-order valence-electron chi connectivity index (χ4n) is 4.06. The number of allylic oxidation sites excluding steroid dienone is 2. The molecule has 0 saturated carbocycles. The molecule has 4 rings (SSSR count). The SMILES string of the molecule is CCOC(=O)/C=C(\C)c1ccc(Oc2ccc3ccc(Oc4ccc(/C(C)=C/C(=O)OCC)cc4)cc3c2)cc1. The van der Waals surface area contributed by atoms with E-state index in [9.17, 15) is 9.59 Å². The van der Waals surface area contributed by atoms with Crippen molar-refractivity contribution < 1.29 is 28.5 Å². The van der Waals surface area contributed by atoms with Gasteiger partial charge in [-0.15, -0.1) is 0 Å². The summed E-state index contributed by atoms with van der Waals surface area (Å²) >= 11 is 0. The molecule has 0 spiro atoms. The van der Waals surface area contributed by atoms with E-state index in [0.29, 0.717) is 36.2 Å². The number of rotatable bonds is 10. The van der Waals surface area contributed by atoms with Gasteiger partial charge in [-0.2, -0.15) is 0 Å². The molecule has 40 heavy (non-hydrogen) atoms. The van der Waals surface area contributed by atoms with Crippen molar-refractivity contribution in [2.75, 3.05) is 13.2 Å². The second-order valence-corrected chi connectivity index (χ2v) is 9.08. The molecule has 4 aromatic carbocycles. The highest BCUT2D eigenvalue weighted by Crippen LogP contribution is 2.31. The summed E-state index contributed by atoms with van der Waals surface area (Å²) in [7, 11) is 0. The minimum absolute atomic E-state index is 0.346. The van der Waals surface area contributed by atoms with Gasteiger partial charge in [-0.25, -0.2) is 9.59 Å². The van der Waals surface area contributed by atoms with Crippen molar-refractivity contribution in [3.63, 3.8) is 0 Å². The van der Waals surface area contributed by atoms with Crippen molar-refractivity contribution >= 4 is 33.9 Å². The maximum absolute atomic E-state index is 11.7. The summed E-state index contributed by atoms with van der Waals surface area (Å²) in [6, 6.07) is 26.9. The standard InChI is InChI=1S/C34H32O6/c1-5-37-33(35)19-23(3)25-7-13-29(14-8-25)39-31-17-11-27-12-18-32(22-28(27)21-31)40-30-15-9-26(10-16-30)24(4)20-34(36)38-6-2/h7-22H,5-6H2,1-4H3/b23-19+,24-20+. The Balaban J connectivity index is 1.44. The lowest BCUT2D eigenvalue weighted by atomic mass is 10.1. The molecule has 0 aliphatic carbocycles. The van der Waals surface area contributed by atoms with Crippen LogP contribution in [-0.2, 0) is 19.1 Å². The van der Waals surface area contributed by atoms with Gasteiger partial charge in [0, 0.05) is 12.2 Å². The molecule has 6 heteroatoms. The number of benzene rings is 4. The molecule has 0 radical (unpaired) electrons. The quantitative estimate of drug-likeness (QED) is 0.150. The molecule has 4 aromatic rings. The topological polar surface area (TPSA) is 71.1 Å². The molecule has 204 valence electrons. The van der Waals surface area contributed by atoms with Crippen LogP contribution in [0.15, 0.2) is 97.1 Å². The molecule has 0 N–H and O–H groups in total. The Morgan fingerprint density at radius 1 is 0.550 bits per heavy atom. The van der Waals surface area contributed by atoms with E-state index < -0.39 is 0 Å². The molecule has 0 amide bonds. The summed E-state index contributed by atoms with van der Waals surface area (Å²) in [6.07, 6.45) is 2.97. The lowest BCUT2D eigenvalue weighted by Gasteiger charge is -2.10. The lowest BCUT2D eigenvalue weighted by Crippen LogP contribution is -2.00. The van der Waals surface area contributed by atoms with Crippen molar-refractivity contribution in [2.24, 2.45) is 0 Å². The highest BCUT2D eigenvalue weighted by atomic mass is 16.5. The maximum Gasteiger partial charge on any atom is 0.331 e. The highest BCUT2D eigenvalue weighted by molar-refractivity contribution is 5.91. The van der Waals surface area contributed by atoms with Crippen LogP contribution in [0, 0.1) is 0 Å². The third-order valence-electron chi connectivity index (χ3n) is 6.12. The van der Waals surface area contributed by atoms with Crippen LogP contribution >= 0.6 is 0 Å². The highest BCUT2D eigenvalue weighted by Gasteiger charge is 2.06. The molecule has 0 heterocycles. The van der Waals surface area contributed by atoms with Gasteiger partial charge in [0.15, 0.2) is 0 Å². The van der Waals surface area contributed by atoms with Gasteiger partial charge in [0.2, 0.25) is 0 Å². The van der Waals surface area contributed by atoms with E-state index in [2.05, 4.69) is 0 Å². The first-order valence-electron chi connectivity index (χ1n) is 13.1. The molecule has 0 aromatic heterocycles. The van der Waals surface area contributed by atoms with Gasteiger partial charge >= 0.3 is 11.9 Å². The average molecular weight is 537 g/mol. The van der Waals surface area contributed by atoms with E-state index in [0.717, 1.165) is 33.0 Å². The molecule has 0 unspecified atom stereocenters. The molecular weight excluding hydrogens is 504 g/mol. The largest absolute Gasteiger partial charge is 0.463 e. The van der Waals surface area contributed by atoms with Crippen molar-refractivity contribution in [3.8, 4) is 23.0 Å². The van der Waals surface area contributed by atoms with E-state index in [4.69, 9.17) is 18.9 Å². The molecule has 0 atom stereocenters. The third-order valence-corrected chi connectivity index (χ3v) is 6.12. The lowest BCUT2D eigenvalue weighted by molar-refractivity contribution is -0.138. The Bertz CT molecular complexity index is 1430. The van der Waals surface area contributed by atoms with Crippen LogP contribution < -0.4 is 9.47 Å². The van der Waals surface area contributed by atoms with E-state index in [1.165, 1.54) is 12.2 Å². The van der Waals surface area contributed by atoms with Crippen LogP contribution in [0.1, 0.15) is 38.8 Å². The van der Waals surface area contributed by atoms with Gasteiger partial charge in [-0.1, -0.05) is 36.4 Å². The van der Waals surface area contributed by atoms with Crippen molar-refractivity contribution in [1.82, 2.24) is 0 Å². The Kier molecular flexibility index (Phi) is 9.36. The van der Waals surface area contributed by atoms with Gasteiger partial charge in [-0.05, 0) is 109 Å². The first-order valence-corrected chi connectivity index (χ1v) is 13.1. The van der Waals surface area contributed by atoms with E-state index in [-0.39, 0.29) is 11.9 Å². The van der Waals surface area contributed by atoms with Gasteiger partial charge in [-0.3, -0.25) is 0 Å². The van der Waals surface area contributed by atoms with E-state index in [1.54, 1.807) is 13.8 Å². The molecule has 0 aliphatic rings. The normalized spacial score (nSPS) is 11.7. The number of fused-ring (bicyclic) bond motifs is 1.